The van der Waals surface area contributed by atoms with Crippen LogP contribution in [0, 0.1) is 6.92 Å². The SMILES string of the molecule is CON1c2ccc3c(C)cc(=O)oc3c2OC(C)C1c1ccccc1. The van der Waals surface area contributed by atoms with Crippen molar-refractivity contribution in [2.24, 2.45) is 0 Å². The summed E-state index contributed by atoms with van der Waals surface area (Å²) >= 11 is 0. The Hall–Kier alpha value is -2.79. The van der Waals surface area contributed by atoms with E-state index in [1.807, 2.05) is 61.4 Å². The lowest BCUT2D eigenvalue weighted by Gasteiger charge is -2.40. The molecule has 2 atom stereocenters. The standard InChI is InChI=1S/C20H19NO4/c1-12-11-17(22)25-19-15(12)9-10-16-20(19)24-13(2)18(21(16)23-3)14-7-5-4-6-8-14/h4-11,13,18H,1-3H3. The molecule has 1 aliphatic rings. The van der Waals surface area contributed by atoms with E-state index in [1.54, 1.807) is 7.11 Å². The number of anilines is 1. The van der Waals surface area contributed by atoms with Gasteiger partial charge in [0.05, 0.1) is 7.11 Å². The number of benzene rings is 2. The van der Waals surface area contributed by atoms with E-state index in [-0.39, 0.29) is 17.8 Å². The molecule has 2 aromatic carbocycles. The van der Waals surface area contributed by atoms with Crippen LogP contribution in [-0.4, -0.2) is 13.2 Å². The number of ether oxygens (including phenoxy) is 1. The topological polar surface area (TPSA) is 51.9 Å². The minimum Gasteiger partial charge on any atom is -0.482 e. The highest BCUT2D eigenvalue weighted by Gasteiger charge is 2.36. The van der Waals surface area contributed by atoms with Crippen molar-refractivity contribution in [2.75, 3.05) is 12.2 Å². The van der Waals surface area contributed by atoms with Crippen LogP contribution in [0.3, 0.4) is 0 Å². The molecular weight excluding hydrogens is 318 g/mol. The zero-order valence-electron chi connectivity index (χ0n) is 14.4. The second-order valence-electron chi connectivity index (χ2n) is 6.23. The molecule has 0 bridgehead atoms. The molecule has 3 aromatic rings. The van der Waals surface area contributed by atoms with Gasteiger partial charge in [0.1, 0.15) is 17.8 Å². The van der Waals surface area contributed by atoms with Gasteiger partial charge in [0.25, 0.3) is 0 Å². The van der Waals surface area contributed by atoms with Crippen molar-refractivity contribution in [1.82, 2.24) is 0 Å². The second kappa shape index (κ2) is 5.93. The Kier molecular flexibility index (Phi) is 3.73. The third-order valence-electron chi connectivity index (χ3n) is 4.63. The quantitative estimate of drug-likeness (QED) is 0.662. The van der Waals surface area contributed by atoms with Crippen LogP contribution >= 0.6 is 0 Å². The highest BCUT2D eigenvalue weighted by atomic mass is 16.7. The van der Waals surface area contributed by atoms with Gasteiger partial charge in [0.2, 0.25) is 0 Å². The summed E-state index contributed by atoms with van der Waals surface area (Å²) in [5.41, 5.74) is 2.77. The number of nitrogens with zero attached hydrogens (tertiary/aromatic N) is 1. The fourth-order valence-electron chi connectivity index (χ4n) is 3.50. The molecule has 4 rings (SSSR count). The van der Waals surface area contributed by atoms with Crippen molar-refractivity contribution in [1.29, 1.82) is 0 Å². The fourth-order valence-corrected chi connectivity index (χ4v) is 3.50. The molecule has 5 heteroatoms. The van der Waals surface area contributed by atoms with Crippen LogP contribution in [-0.2, 0) is 4.84 Å². The lowest BCUT2D eigenvalue weighted by atomic mass is 9.98. The summed E-state index contributed by atoms with van der Waals surface area (Å²) in [6.07, 6.45) is -0.189. The first kappa shape index (κ1) is 15.7. The molecular formula is C20H19NO4. The summed E-state index contributed by atoms with van der Waals surface area (Å²) in [7, 11) is 1.63. The van der Waals surface area contributed by atoms with E-state index in [2.05, 4.69) is 0 Å². The van der Waals surface area contributed by atoms with Gasteiger partial charge in [-0.05, 0) is 37.1 Å². The minimum absolute atomic E-state index is 0.104. The van der Waals surface area contributed by atoms with Crippen LogP contribution in [0.5, 0.6) is 5.75 Å². The molecule has 0 saturated heterocycles. The summed E-state index contributed by atoms with van der Waals surface area (Å²) in [6, 6.07) is 15.3. The number of hydrogen-bond donors (Lipinski definition) is 0. The Morgan fingerprint density at radius 1 is 1.12 bits per heavy atom. The Morgan fingerprint density at radius 3 is 2.60 bits per heavy atom. The first-order valence-electron chi connectivity index (χ1n) is 8.22. The maximum absolute atomic E-state index is 11.8. The van der Waals surface area contributed by atoms with E-state index in [1.165, 1.54) is 6.07 Å². The van der Waals surface area contributed by atoms with Crippen molar-refractivity contribution in [3.05, 3.63) is 70.1 Å². The Morgan fingerprint density at radius 2 is 1.88 bits per heavy atom. The van der Waals surface area contributed by atoms with Crippen LogP contribution < -0.4 is 15.4 Å². The fraction of sp³-hybridized carbons (Fsp3) is 0.250. The molecule has 1 aliphatic heterocycles. The molecule has 1 aromatic heterocycles. The van der Waals surface area contributed by atoms with Crippen molar-refractivity contribution in [3.63, 3.8) is 0 Å². The zero-order chi connectivity index (χ0) is 17.6. The van der Waals surface area contributed by atoms with Crippen molar-refractivity contribution < 1.29 is 14.0 Å². The third-order valence-corrected chi connectivity index (χ3v) is 4.63. The molecule has 0 fully saturated rings. The molecule has 25 heavy (non-hydrogen) atoms. The smallest absolute Gasteiger partial charge is 0.336 e. The van der Waals surface area contributed by atoms with Crippen molar-refractivity contribution >= 4 is 16.7 Å². The first-order chi connectivity index (χ1) is 12.1. The Bertz CT molecular complexity index is 980. The van der Waals surface area contributed by atoms with Crippen LogP contribution in [0.2, 0.25) is 0 Å². The molecule has 2 unspecified atom stereocenters. The predicted octanol–water partition coefficient (Wildman–Crippen LogP) is 3.99. The van der Waals surface area contributed by atoms with Crippen molar-refractivity contribution in [3.8, 4) is 5.75 Å². The summed E-state index contributed by atoms with van der Waals surface area (Å²) in [5, 5.41) is 2.68. The molecule has 5 nitrogen and oxygen atoms in total. The van der Waals surface area contributed by atoms with Crippen LogP contribution in [0.15, 0.2) is 57.7 Å². The van der Waals surface area contributed by atoms with E-state index in [0.717, 1.165) is 22.2 Å². The van der Waals surface area contributed by atoms with Gasteiger partial charge in [-0.1, -0.05) is 30.3 Å². The zero-order valence-corrected chi connectivity index (χ0v) is 14.4. The average Bonchev–Trinajstić information content (AvgIpc) is 2.61. The van der Waals surface area contributed by atoms with E-state index in [0.29, 0.717) is 11.3 Å². The van der Waals surface area contributed by atoms with Crippen LogP contribution in [0.1, 0.15) is 24.1 Å². The summed E-state index contributed by atoms with van der Waals surface area (Å²) in [6.45, 7) is 3.87. The number of rotatable bonds is 2. The van der Waals surface area contributed by atoms with E-state index in [9.17, 15) is 4.79 Å². The molecule has 2 heterocycles. The van der Waals surface area contributed by atoms with Crippen LogP contribution in [0.4, 0.5) is 5.69 Å². The number of hydroxylamine groups is 1. The van der Waals surface area contributed by atoms with Gasteiger partial charge in [0, 0.05) is 11.5 Å². The van der Waals surface area contributed by atoms with Gasteiger partial charge in [-0.15, -0.1) is 0 Å². The summed E-state index contributed by atoms with van der Waals surface area (Å²) in [5.74, 6) is 0.542. The number of hydrogen-bond acceptors (Lipinski definition) is 5. The second-order valence-corrected chi connectivity index (χ2v) is 6.23. The maximum atomic E-state index is 11.8. The largest absolute Gasteiger partial charge is 0.482 e. The number of aryl methyl sites for hydroxylation is 1. The highest BCUT2D eigenvalue weighted by molar-refractivity contribution is 5.91. The molecule has 0 radical (unpaired) electrons. The molecule has 0 amide bonds. The van der Waals surface area contributed by atoms with Gasteiger partial charge in [-0.2, -0.15) is 0 Å². The normalized spacial score (nSPS) is 19.6. The average molecular weight is 337 g/mol. The Labute approximate surface area is 145 Å². The van der Waals surface area contributed by atoms with E-state index < -0.39 is 0 Å². The molecule has 0 aliphatic carbocycles. The minimum atomic E-state index is -0.385. The summed E-state index contributed by atoms with van der Waals surface area (Å²) < 4.78 is 11.7. The molecule has 0 spiro atoms. The Balaban J connectivity index is 1.93. The number of fused-ring (bicyclic) bond motifs is 3. The lowest BCUT2D eigenvalue weighted by molar-refractivity contribution is 0.0632. The van der Waals surface area contributed by atoms with Crippen LogP contribution in [0.25, 0.3) is 11.0 Å². The molecule has 128 valence electrons. The third kappa shape index (κ3) is 2.48. The van der Waals surface area contributed by atoms with Crippen molar-refractivity contribution in [2.45, 2.75) is 26.0 Å². The van der Waals surface area contributed by atoms with Gasteiger partial charge in [0.15, 0.2) is 11.3 Å². The lowest BCUT2D eigenvalue weighted by Crippen LogP contribution is -2.41. The summed E-state index contributed by atoms with van der Waals surface area (Å²) in [4.78, 5) is 17.5. The van der Waals surface area contributed by atoms with Gasteiger partial charge >= 0.3 is 5.63 Å². The molecule has 0 N–H and O–H groups in total. The predicted molar refractivity (Wildman–Crippen MR) is 96.0 cm³/mol. The van der Waals surface area contributed by atoms with Gasteiger partial charge in [-0.3, -0.25) is 4.84 Å². The molecule has 0 saturated carbocycles. The van der Waals surface area contributed by atoms with Gasteiger partial charge < -0.3 is 9.15 Å². The van der Waals surface area contributed by atoms with E-state index in [4.69, 9.17) is 14.0 Å². The maximum Gasteiger partial charge on any atom is 0.336 e. The first-order valence-corrected chi connectivity index (χ1v) is 8.22. The van der Waals surface area contributed by atoms with Gasteiger partial charge in [-0.25, -0.2) is 9.86 Å². The van der Waals surface area contributed by atoms with E-state index >= 15 is 0 Å². The highest BCUT2D eigenvalue weighted by Crippen LogP contribution is 2.46. The monoisotopic (exact) mass is 337 g/mol.